The maximum atomic E-state index is 12.3. The summed E-state index contributed by atoms with van der Waals surface area (Å²) < 4.78 is 0. The maximum Gasteiger partial charge on any atom is 0.243 e. The molecule has 18 heavy (non-hydrogen) atoms. The molecule has 1 N–H and O–H groups in total. The van der Waals surface area contributed by atoms with Crippen LogP contribution >= 0.6 is 0 Å². The molecule has 0 spiro atoms. The van der Waals surface area contributed by atoms with E-state index in [1.165, 1.54) is 0 Å². The quantitative estimate of drug-likeness (QED) is 0.800. The molecule has 1 aromatic carbocycles. The molecule has 1 amide bonds. The molecule has 1 aromatic rings. The zero-order valence-corrected chi connectivity index (χ0v) is 11.1. The second kappa shape index (κ2) is 6.18. The van der Waals surface area contributed by atoms with E-state index in [2.05, 4.69) is 5.32 Å². The highest BCUT2D eigenvalue weighted by atomic mass is 16.2. The number of rotatable bonds is 5. The summed E-state index contributed by atoms with van der Waals surface area (Å²) in [5.41, 5.74) is 0.360. The number of amides is 1. The fraction of sp³-hybridized carbons (Fsp3) is 0.429. The first kappa shape index (κ1) is 14.2. The van der Waals surface area contributed by atoms with Gasteiger partial charge < -0.3 is 10.2 Å². The van der Waals surface area contributed by atoms with Crippen LogP contribution in [-0.4, -0.2) is 29.9 Å². The summed E-state index contributed by atoms with van der Waals surface area (Å²) in [6.07, 6.45) is 0. The van der Waals surface area contributed by atoms with Gasteiger partial charge in [0, 0.05) is 6.54 Å². The minimum Gasteiger partial charge on any atom is -0.323 e. The third-order valence-corrected chi connectivity index (χ3v) is 2.92. The van der Waals surface area contributed by atoms with Crippen LogP contribution in [0, 0.1) is 11.3 Å². The van der Waals surface area contributed by atoms with Crippen LogP contribution < -0.4 is 5.32 Å². The van der Waals surface area contributed by atoms with Gasteiger partial charge in [0.2, 0.25) is 5.91 Å². The van der Waals surface area contributed by atoms with Crippen molar-refractivity contribution in [2.75, 3.05) is 13.6 Å². The third-order valence-electron chi connectivity index (χ3n) is 2.92. The van der Waals surface area contributed by atoms with E-state index in [4.69, 9.17) is 5.26 Å². The van der Waals surface area contributed by atoms with Crippen molar-refractivity contribution in [1.82, 2.24) is 10.2 Å². The minimum atomic E-state index is -0.661. The fourth-order valence-electron chi connectivity index (χ4n) is 1.59. The van der Waals surface area contributed by atoms with E-state index in [0.29, 0.717) is 6.54 Å². The molecule has 1 rings (SSSR count). The molecule has 0 atom stereocenters. The Kier molecular flexibility index (Phi) is 4.87. The molecule has 0 saturated carbocycles. The first-order valence-electron chi connectivity index (χ1n) is 5.90. The molecule has 0 aliphatic heterocycles. The van der Waals surface area contributed by atoms with Crippen molar-refractivity contribution in [2.45, 2.75) is 25.9 Å². The largest absolute Gasteiger partial charge is 0.323 e. The van der Waals surface area contributed by atoms with Gasteiger partial charge in [-0.25, -0.2) is 0 Å². The monoisotopic (exact) mass is 245 g/mol. The zero-order chi connectivity index (χ0) is 13.6. The van der Waals surface area contributed by atoms with Gasteiger partial charge in [-0.15, -0.1) is 0 Å². The second-order valence-corrected chi connectivity index (χ2v) is 4.68. The Morgan fingerprint density at radius 1 is 1.39 bits per heavy atom. The highest BCUT2D eigenvalue weighted by Gasteiger charge is 2.30. The van der Waals surface area contributed by atoms with E-state index in [-0.39, 0.29) is 12.5 Å². The minimum absolute atomic E-state index is 0.0737. The van der Waals surface area contributed by atoms with Gasteiger partial charge in [-0.2, -0.15) is 5.26 Å². The number of hydrogen-bond acceptors (Lipinski definition) is 3. The van der Waals surface area contributed by atoms with Gasteiger partial charge in [0.25, 0.3) is 0 Å². The standard InChI is InChI=1S/C14H19N3O/c1-14(2,16-3)13(18)17(10-9-15)11-12-7-5-4-6-8-12/h4-8,16H,10-11H2,1-3H3. The van der Waals surface area contributed by atoms with E-state index in [1.54, 1.807) is 11.9 Å². The zero-order valence-electron chi connectivity index (χ0n) is 11.1. The van der Waals surface area contributed by atoms with Crippen molar-refractivity contribution in [3.63, 3.8) is 0 Å². The molecule has 0 heterocycles. The van der Waals surface area contributed by atoms with Gasteiger partial charge >= 0.3 is 0 Å². The number of likely N-dealkylation sites (N-methyl/N-ethyl adjacent to an activating group) is 1. The topological polar surface area (TPSA) is 56.1 Å². The predicted molar refractivity (Wildman–Crippen MR) is 70.6 cm³/mol. The van der Waals surface area contributed by atoms with E-state index in [1.807, 2.05) is 50.2 Å². The molecule has 0 unspecified atom stereocenters. The predicted octanol–water partition coefficient (Wildman–Crippen LogP) is 1.54. The Labute approximate surface area is 108 Å². The van der Waals surface area contributed by atoms with Crippen molar-refractivity contribution < 1.29 is 4.79 Å². The van der Waals surface area contributed by atoms with Crippen molar-refractivity contribution in [3.8, 4) is 6.07 Å². The average Bonchev–Trinajstić information content (AvgIpc) is 2.38. The maximum absolute atomic E-state index is 12.3. The van der Waals surface area contributed by atoms with E-state index >= 15 is 0 Å². The number of hydrogen-bond donors (Lipinski definition) is 1. The van der Waals surface area contributed by atoms with Gasteiger partial charge in [0.05, 0.1) is 11.6 Å². The molecule has 0 radical (unpaired) electrons. The lowest BCUT2D eigenvalue weighted by atomic mass is 10.0. The molecular formula is C14H19N3O. The summed E-state index contributed by atoms with van der Waals surface area (Å²) in [5.74, 6) is -0.0737. The van der Waals surface area contributed by atoms with Crippen LogP contribution in [0.25, 0.3) is 0 Å². The van der Waals surface area contributed by atoms with E-state index in [9.17, 15) is 4.79 Å². The highest BCUT2D eigenvalue weighted by Crippen LogP contribution is 2.11. The van der Waals surface area contributed by atoms with Crippen molar-refractivity contribution >= 4 is 5.91 Å². The van der Waals surface area contributed by atoms with E-state index in [0.717, 1.165) is 5.56 Å². The van der Waals surface area contributed by atoms with Crippen molar-refractivity contribution in [1.29, 1.82) is 5.26 Å². The molecule has 4 nitrogen and oxygen atoms in total. The average molecular weight is 245 g/mol. The normalized spacial score (nSPS) is 10.8. The Bertz CT molecular complexity index is 434. The SMILES string of the molecule is CNC(C)(C)C(=O)N(CC#N)Cc1ccccc1. The van der Waals surface area contributed by atoms with Crippen molar-refractivity contribution in [3.05, 3.63) is 35.9 Å². The van der Waals surface area contributed by atoms with Crippen LogP contribution in [0.5, 0.6) is 0 Å². The molecule has 0 bridgehead atoms. The summed E-state index contributed by atoms with van der Waals surface area (Å²) >= 11 is 0. The number of nitrogens with zero attached hydrogens (tertiary/aromatic N) is 2. The lowest BCUT2D eigenvalue weighted by Gasteiger charge is -2.30. The Balaban J connectivity index is 2.84. The van der Waals surface area contributed by atoms with Crippen LogP contribution in [-0.2, 0) is 11.3 Å². The number of benzene rings is 1. The molecule has 0 aromatic heterocycles. The smallest absolute Gasteiger partial charge is 0.243 e. The third kappa shape index (κ3) is 3.57. The summed E-state index contributed by atoms with van der Waals surface area (Å²) in [6.45, 7) is 4.17. The summed E-state index contributed by atoms with van der Waals surface area (Å²) in [5, 5.41) is 11.8. The molecule has 0 aliphatic carbocycles. The van der Waals surface area contributed by atoms with Crippen LogP contribution in [0.1, 0.15) is 19.4 Å². The van der Waals surface area contributed by atoms with Crippen molar-refractivity contribution in [2.24, 2.45) is 0 Å². The Morgan fingerprint density at radius 3 is 2.50 bits per heavy atom. The molecule has 4 heteroatoms. The van der Waals surface area contributed by atoms with Gasteiger partial charge in [-0.05, 0) is 26.5 Å². The molecule has 0 fully saturated rings. The highest BCUT2D eigenvalue weighted by molar-refractivity contribution is 5.85. The van der Waals surface area contributed by atoms with Crippen LogP contribution in [0.4, 0.5) is 0 Å². The summed E-state index contributed by atoms with van der Waals surface area (Å²) in [6, 6.07) is 11.7. The second-order valence-electron chi connectivity index (χ2n) is 4.68. The molecular weight excluding hydrogens is 226 g/mol. The summed E-state index contributed by atoms with van der Waals surface area (Å²) in [7, 11) is 1.74. The van der Waals surface area contributed by atoms with E-state index < -0.39 is 5.54 Å². The molecule has 0 aliphatic rings. The lowest BCUT2D eigenvalue weighted by Crippen LogP contribution is -2.52. The first-order chi connectivity index (χ1) is 8.51. The van der Waals surface area contributed by atoms with Gasteiger partial charge in [-0.1, -0.05) is 30.3 Å². The van der Waals surface area contributed by atoms with Crippen LogP contribution in [0.3, 0.4) is 0 Å². The number of carbonyl (C=O) groups excluding carboxylic acids is 1. The lowest BCUT2D eigenvalue weighted by molar-refractivity contribution is -0.136. The van der Waals surface area contributed by atoms with Gasteiger partial charge in [0.15, 0.2) is 0 Å². The van der Waals surface area contributed by atoms with Gasteiger partial charge in [-0.3, -0.25) is 4.79 Å². The number of nitriles is 1. The number of carbonyl (C=O) groups is 1. The van der Waals surface area contributed by atoms with Crippen LogP contribution in [0.15, 0.2) is 30.3 Å². The molecule has 96 valence electrons. The number of nitrogens with one attached hydrogen (secondary N) is 1. The summed E-state index contributed by atoms with van der Waals surface area (Å²) in [4.78, 5) is 13.9. The van der Waals surface area contributed by atoms with Gasteiger partial charge in [0.1, 0.15) is 6.54 Å². The van der Waals surface area contributed by atoms with Crippen LogP contribution in [0.2, 0.25) is 0 Å². The Hall–Kier alpha value is -1.86. The Morgan fingerprint density at radius 2 is 2.00 bits per heavy atom. The molecule has 0 saturated heterocycles. The fourth-order valence-corrected chi connectivity index (χ4v) is 1.59. The first-order valence-corrected chi connectivity index (χ1v) is 5.90.